The molecule has 0 unspecified atom stereocenters. The zero-order chi connectivity index (χ0) is 15.5. The van der Waals surface area contributed by atoms with Gasteiger partial charge in [-0.1, -0.05) is 30.3 Å². The minimum absolute atomic E-state index is 0.167. The predicted octanol–water partition coefficient (Wildman–Crippen LogP) is 2.05. The molecule has 1 amide bonds. The van der Waals surface area contributed by atoms with Crippen LogP contribution in [-0.2, 0) is 13.6 Å². The van der Waals surface area contributed by atoms with Gasteiger partial charge in [-0.2, -0.15) is 5.10 Å². The molecule has 0 aliphatic rings. The molecule has 2 heterocycles. The van der Waals surface area contributed by atoms with Gasteiger partial charge < -0.3 is 10.3 Å². The van der Waals surface area contributed by atoms with Crippen molar-refractivity contribution in [3.05, 3.63) is 59.8 Å². The van der Waals surface area contributed by atoms with E-state index in [-0.39, 0.29) is 5.91 Å². The number of H-pyrrole nitrogens is 1. The molecular weight excluding hydrogens is 278 g/mol. The van der Waals surface area contributed by atoms with Gasteiger partial charge in [-0.3, -0.25) is 9.48 Å². The third kappa shape index (κ3) is 2.76. The molecule has 0 aliphatic carbocycles. The zero-order valence-electron chi connectivity index (χ0n) is 12.5. The fraction of sp³-hybridized carbons (Fsp3) is 0.188. The highest BCUT2D eigenvalue weighted by atomic mass is 16.2. The largest absolute Gasteiger partial charge is 0.348 e. The fourth-order valence-corrected chi connectivity index (χ4v) is 2.25. The van der Waals surface area contributed by atoms with Crippen molar-refractivity contribution in [1.82, 2.24) is 25.1 Å². The van der Waals surface area contributed by atoms with Crippen molar-refractivity contribution in [2.24, 2.45) is 7.05 Å². The molecule has 0 atom stereocenters. The first-order chi connectivity index (χ1) is 10.6. The number of benzene rings is 1. The predicted molar refractivity (Wildman–Crippen MR) is 83.1 cm³/mol. The highest BCUT2D eigenvalue weighted by molar-refractivity contribution is 5.93. The number of nitrogens with zero attached hydrogens (tertiary/aromatic N) is 3. The third-order valence-corrected chi connectivity index (χ3v) is 3.53. The summed E-state index contributed by atoms with van der Waals surface area (Å²) in [5.74, 6) is -0.167. The van der Waals surface area contributed by atoms with Crippen molar-refractivity contribution in [2.45, 2.75) is 13.5 Å². The molecule has 2 aromatic heterocycles. The van der Waals surface area contributed by atoms with E-state index < -0.39 is 0 Å². The van der Waals surface area contributed by atoms with Crippen LogP contribution < -0.4 is 5.32 Å². The van der Waals surface area contributed by atoms with Gasteiger partial charge in [-0.05, 0) is 13.0 Å². The van der Waals surface area contributed by atoms with Gasteiger partial charge >= 0.3 is 0 Å². The van der Waals surface area contributed by atoms with E-state index in [1.54, 1.807) is 24.1 Å². The molecule has 0 radical (unpaired) electrons. The molecule has 3 rings (SSSR count). The number of aromatic amines is 1. The number of nitrogens with one attached hydrogen (secondary N) is 2. The summed E-state index contributed by atoms with van der Waals surface area (Å²) in [6.07, 6.45) is 1.62. The van der Waals surface area contributed by atoms with E-state index in [1.807, 2.05) is 37.3 Å². The Labute approximate surface area is 128 Å². The first-order valence-electron chi connectivity index (χ1n) is 7.01. The summed E-state index contributed by atoms with van der Waals surface area (Å²) in [7, 11) is 1.77. The molecule has 0 saturated heterocycles. The maximum absolute atomic E-state index is 12.3. The van der Waals surface area contributed by atoms with Gasteiger partial charge in [0.05, 0.1) is 24.3 Å². The molecule has 3 aromatic rings. The van der Waals surface area contributed by atoms with Crippen LogP contribution in [0.4, 0.5) is 0 Å². The molecule has 0 saturated carbocycles. The van der Waals surface area contributed by atoms with Crippen LogP contribution in [0, 0.1) is 6.92 Å². The lowest BCUT2D eigenvalue weighted by Crippen LogP contribution is -2.25. The number of aromatic nitrogens is 4. The molecule has 0 aliphatic heterocycles. The number of carbonyl (C=O) groups is 1. The standard InChI is InChI=1S/C16H17N5O/c1-11-14(19-10-18-11)9-17-16(22)15-8-13(20-21(15)2)12-6-4-3-5-7-12/h3-8,10H,9H2,1-2H3,(H,17,22)(H,18,19). The average molecular weight is 295 g/mol. The fourth-order valence-electron chi connectivity index (χ4n) is 2.25. The second-order valence-corrected chi connectivity index (χ2v) is 5.06. The maximum Gasteiger partial charge on any atom is 0.269 e. The smallest absolute Gasteiger partial charge is 0.269 e. The van der Waals surface area contributed by atoms with Gasteiger partial charge in [0.1, 0.15) is 5.69 Å². The lowest BCUT2D eigenvalue weighted by molar-refractivity contribution is 0.0941. The molecule has 22 heavy (non-hydrogen) atoms. The second-order valence-electron chi connectivity index (χ2n) is 5.06. The van der Waals surface area contributed by atoms with E-state index in [4.69, 9.17) is 0 Å². The van der Waals surface area contributed by atoms with Crippen molar-refractivity contribution < 1.29 is 4.79 Å². The lowest BCUT2D eigenvalue weighted by atomic mass is 10.1. The molecule has 0 bridgehead atoms. The van der Waals surface area contributed by atoms with Crippen LogP contribution in [0.3, 0.4) is 0 Å². The van der Waals surface area contributed by atoms with Crippen molar-refractivity contribution in [2.75, 3.05) is 0 Å². The van der Waals surface area contributed by atoms with E-state index in [2.05, 4.69) is 20.4 Å². The Bertz CT molecular complexity index is 788. The number of amides is 1. The third-order valence-electron chi connectivity index (χ3n) is 3.53. The zero-order valence-corrected chi connectivity index (χ0v) is 12.5. The minimum Gasteiger partial charge on any atom is -0.348 e. The number of carbonyl (C=O) groups excluding carboxylic acids is 1. The van der Waals surface area contributed by atoms with Gasteiger partial charge in [-0.15, -0.1) is 0 Å². The molecule has 112 valence electrons. The Morgan fingerprint density at radius 2 is 2.09 bits per heavy atom. The summed E-state index contributed by atoms with van der Waals surface area (Å²) >= 11 is 0. The second kappa shape index (κ2) is 5.85. The lowest BCUT2D eigenvalue weighted by Gasteiger charge is -2.03. The number of imidazole rings is 1. The van der Waals surface area contributed by atoms with Crippen LogP contribution in [0.15, 0.2) is 42.7 Å². The highest BCUT2D eigenvalue weighted by Crippen LogP contribution is 2.18. The Hall–Kier alpha value is -2.89. The van der Waals surface area contributed by atoms with Crippen molar-refractivity contribution in [1.29, 1.82) is 0 Å². The first-order valence-corrected chi connectivity index (χ1v) is 7.01. The summed E-state index contributed by atoms with van der Waals surface area (Å²) < 4.78 is 1.59. The quantitative estimate of drug-likeness (QED) is 0.773. The van der Waals surface area contributed by atoms with Crippen LogP contribution in [0.2, 0.25) is 0 Å². The minimum atomic E-state index is -0.167. The number of rotatable bonds is 4. The topological polar surface area (TPSA) is 75.6 Å². The van der Waals surface area contributed by atoms with Crippen LogP contribution in [0.1, 0.15) is 21.9 Å². The number of aryl methyl sites for hydroxylation is 2. The van der Waals surface area contributed by atoms with Crippen LogP contribution in [-0.4, -0.2) is 25.7 Å². The highest BCUT2D eigenvalue weighted by Gasteiger charge is 2.14. The molecule has 0 fully saturated rings. The summed E-state index contributed by atoms with van der Waals surface area (Å²) in [5.41, 5.74) is 4.07. The van der Waals surface area contributed by atoms with Gasteiger partial charge in [0, 0.05) is 18.3 Å². The summed E-state index contributed by atoms with van der Waals surface area (Å²) in [6.45, 7) is 2.31. The van der Waals surface area contributed by atoms with E-state index in [1.165, 1.54) is 0 Å². The van der Waals surface area contributed by atoms with Crippen molar-refractivity contribution in [3.8, 4) is 11.3 Å². The molecule has 2 N–H and O–H groups in total. The molecule has 1 aromatic carbocycles. The number of hydrogen-bond acceptors (Lipinski definition) is 3. The maximum atomic E-state index is 12.3. The van der Waals surface area contributed by atoms with E-state index in [9.17, 15) is 4.79 Å². The average Bonchev–Trinajstić information content (AvgIpc) is 3.12. The van der Waals surface area contributed by atoms with E-state index in [0.29, 0.717) is 12.2 Å². The molecule has 0 spiro atoms. The molecular formula is C16H17N5O. The normalized spacial score (nSPS) is 10.6. The van der Waals surface area contributed by atoms with Gasteiger partial charge in [0.2, 0.25) is 0 Å². The summed E-state index contributed by atoms with van der Waals surface area (Å²) in [5, 5.41) is 7.26. The van der Waals surface area contributed by atoms with Crippen LogP contribution >= 0.6 is 0 Å². The van der Waals surface area contributed by atoms with Gasteiger partial charge in [0.25, 0.3) is 5.91 Å². The van der Waals surface area contributed by atoms with E-state index in [0.717, 1.165) is 22.6 Å². The first kappa shape index (κ1) is 14.1. The SMILES string of the molecule is Cc1[nH]cnc1CNC(=O)c1cc(-c2ccccc2)nn1C. The summed E-state index contributed by atoms with van der Waals surface area (Å²) in [4.78, 5) is 19.5. The monoisotopic (exact) mass is 295 g/mol. The number of hydrogen-bond donors (Lipinski definition) is 2. The Morgan fingerprint density at radius 1 is 1.32 bits per heavy atom. The van der Waals surface area contributed by atoms with Crippen molar-refractivity contribution >= 4 is 5.91 Å². The molecule has 6 nitrogen and oxygen atoms in total. The Balaban J connectivity index is 1.76. The Morgan fingerprint density at radius 3 is 2.77 bits per heavy atom. The van der Waals surface area contributed by atoms with Gasteiger partial charge in [0.15, 0.2) is 0 Å². The molecule has 6 heteroatoms. The van der Waals surface area contributed by atoms with Crippen LogP contribution in [0.5, 0.6) is 0 Å². The Kier molecular flexibility index (Phi) is 3.74. The van der Waals surface area contributed by atoms with Gasteiger partial charge in [-0.25, -0.2) is 4.98 Å². The van der Waals surface area contributed by atoms with Crippen molar-refractivity contribution in [3.63, 3.8) is 0 Å². The van der Waals surface area contributed by atoms with Crippen LogP contribution in [0.25, 0.3) is 11.3 Å². The summed E-state index contributed by atoms with van der Waals surface area (Å²) in [6, 6.07) is 11.6. The van der Waals surface area contributed by atoms with E-state index >= 15 is 0 Å².